The number of hydrogen-bond acceptors (Lipinski definition) is 5. The molecule has 18 heavy (non-hydrogen) atoms. The molecule has 0 saturated heterocycles. The summed E-state index contributed by atoms with van der Waals surface area (Å²) in [7, 11) is 1.54. The standard InChI is InChI=1S/C13H17NO4/c1-17-7-9(15)8-18-13-4-2-3-10-11(13)5-6-12(10)14-16/h2-4,9,15-16H,5-8H2,1H3. The summed E-state index contributed by atoms with van der Waals surface area (Å²) in [5.41, 5.74) is 2.65. The number of hydrogen-bond donors (Lipinski definition) is 2. The topological polar surface area (TPSA) is 71.3 Å². The first-order chi connectivity index (χ1) is 8.76. The molecule has 2 N–H and O–H groups in total. The van der Waals surface area contributed by atoms with Crippen LogP contribution in [0.1, 0.15) is 17.5 Å². The molecule has 0 fully saturated rings. The Morgan fingerprint density at radius 1 is 1.33 bits per heavy atom. The van der Waals surface area contributed by atoms with Crippen molar-refractivity contribution in [1.82, 2.24) is 0 Å². The molecule has 1 aliphatic rings. The fraction of sp³-hybridized carbons (Fsp3) is 0.462. The van der Waals surface area contributed by atoms with E-state index in [0.717, 1.165) is 23.3 Å². The van der Waals surface area contributed by atoms with E-state index >= 15 is 0 Å². The maximum Gasteiger partial charge on any atom is 0.123 e. The van der Waals surface area contributed by atoms with E-state index in [1.165, 1.54) is 7.11 Å². The quantitative estimate of drug-likeness (QED) is 0.609. The Balaban J connectivity index is 2.09. The third kappa shape index (κ3) is 2.63. The highest BCUT2D eigenvalue weighted by atomic mass is 16.5. The largest absolute Gasteiger partial charge is 0.490 e. The maximum absolute atomic E-state index is 9.54. The van der Waals surface area contributed by atoms with Crippen molar-refractivity contribution >= 4 is 5.71 Å². The van der Waals surface area contributed by atoms with Crippen LogP contribution < -0.4 is 4.74 Å². The summed E-state index contributed by atoms with van der Waals surface area (Å²) in [6.07, 6.45) is 0.871. The lowest BCUT2D eigenvalue weighted by molar-refractivity contribution is 0.0323. The zero-order chi connectivity index (χ0) is 13.0. The average molecular weight is 251 g/mol. The van der Waals surface area contributed by atoms with Crippen LogP contribution in [0.3, 0.4) is 0 Å². The zero-order valence-corrected chi connectivity index (χ0v) is 10.3. The Hall–Kier alpha value is -1.59. The third-order valence-corrected chi connectivity index (χ3v) is 2.97. The van der Waals surface area contributed by atoms with Crippen molar-refractivity contribution in [2.75, 3.05) is 20.3 Å². The second-order valence-electron chi connectivity index (χ2n) is 4.25. The predicted octanol–water partition coefficient (Wildman–Crippen LogP) is 1.20. The van der Waals surface area contributed by atoms with Crippen LogP contribution in [-0.4, -0.2) is 42.5 Å². The summed E-state index contributed by atoms with van der Waals surface area (Å²) in [5, 5.41) is 21.7. The highest BCUT2D eigenvalue weighted by Crippen LogP contribution is 2.30. The van der Waals surface area contributed by atoms with E-state index in [1.807, 2.05) is 18.2 Å². The third-order valence-electron chi connectivity index (χ3n) is 2.97. The molecule has 1 aromatic rings. The first-order valence-corrected chi connectivity index (χ1v) is 5.89. The summed E-state index contributed by atoms with van der Waals surface area (Å²) < 4.78 is 10.4. The number of ether oxygens (including phenoxy) is 2. The second kappa shape index (κ2) is 5.84. The number of benzene rings is 1. The van der Waals surface area contributed by atoms with Crippen molar-refractivity contribution < 1.29 is 19.8 Å². The number of aliphatic hydroxyl groups excluding tert-OH is 1. The van der Waals surface area contributed by atoms with Gasteiger partial charge >= 0.3 is 0 Å². The van der Waals surface area contributed by atoms with E-state index < -0.39 is 6.10 Å². The van der Waals surface area contributed by atoms with Crippen molar-refractivity contribution in [3.05, 3.63) is 29.3 Å². The number of nitrogens with zero attached hydrogens (tertiary/aromatic N) is 1. The van der Waals surface area contributed by atoms with Crippen LogP contribution in [0.2, 0.25) is 0 Å². The zero-order valence-electron chi connectivity index (χ0n) is 10.3. The van der Waals surface area contributed by atoms with E-state index in [9.17, 15) is 5.11 Å². The molecule has 1 atom stereocenters. The average Bonchev–Trinajstić information content (AvgIpc) is 2.80. The van der Waals surface area contributed by atoms with Crippen LogP contribution in [0.4, 0.5) is 0 Å². The molecule has 0 aliphatic heterocycles. The molecule has 5 heteroatoms. The molecule has 0 radical (unpaired) electrons. The van der Waals surface area contributed by atoms with Crippen LogP contribution in [-0.2, 0) is 11.2 Å². The van der Waals surface area contributed by atoms with Gasteiger partial charge in [0, 0.05) is 18.2 Å². The van der Waals surface area contributed by atoms with Gasteiger partial charge in [-0.25, -0.2) is 0 Å². The van der Waals surface area contributed by atoms with E-state index in [-0.39, 0.29) is 13.2 Å². The second-order valence-corrected chi connectivity index (χ2v) is 4.25. The molecule has 2 rings (SSSR count). The minimum absolute atomic E-state index is 0.190. The molecule has 0 heterocycles. The van der Waals surface area contributed by atoms with Gasteiger partial charge in [0.05, 0.1) is 12.3 Å². The van der Waals surface area contributed by atoms with Crippen LogP contribution in [0.25, 0.3) is 0 Å². The summed E-state index contributed by atoms with van der Waals surface area (Å²) in [6.45, 7) is 0.439. The van der Waals surface area contributed by atoms with E-state index in [0.29, 0.717) is 12.1 Å². The summed E-state index contributed by atoms with van der Waals surface area (Å²) in [6, 6.07) is 5.63. The lowest BCUT2D eigenvalue weighted by Crippen LogP contribution is -2.22. The van der Waals surface area contributed by atoms with Crippen LogP contribution in [0.15, 0.2) is 23.4 Å². The number of methoxy groups -OCH3 is 1. The summed E-state index contributed by atoms with van der Waals surface area (Å²) >= 11 is 0. The van der Waals surface area contributed by atoms with Crippen molar-refractivity contribution in [2.45, 2.75) is 18.9 Å². The molecule has 0 bridgehead atoms. The van der Waals surface area contributed by atoms with Crippen molar-refractivity contribution in [2.24, 2.45) is 5.16 Å². The highest BCUT2D eigenvalue weighted by Gasteiger charge is 2.22. The monoisotopic (exact) mass is 251 g/mol. The minimum atomic E-state index is -0.641. The van der Waals surface area contributed by atoms with Crippen molar-refractivity contribution in [1.29, 1.82) is 0 Å². The first-order valence-electron chi connectivity index (χ1n) is 5.89. The van der Waals surface area contributed by atoms with Crippen LogP contribution in [0.5, 0.6) is 5.75 Å². The van der Waals surface area contributed by atoms with Gasteiger partial charge in [-0.2, -0.15) is 0 Å². The lowest BCUT2D eigenvalue weighted by Gasteiger charge is -2.13. The van der Waals surface area contributed by atoms with Gasteiger partial charge < -0.3 is 19.8 Å². The fourth-order valence-corrected chi connectivity index (χ4v) is 2.14. The lowest BCUT2D eigenvalue weighted by atomic mass is 10.1. The van der Waals surface area contributed by atoms with Crippen molar-refractivity contribution in [3.8, 4) is 5.75 Å². The highest BCUT2D eigenvalue weighted by molar-refractivity contribution is 6.04. The normalized spacial score (nSPS) is 17.8. The van der Waals surface area contributed by atoms with E-state index in [2.05, 4.69) is 5.16 Å². The smallest absolute Gasteiger partial charge is 0.123 e. The fourth-order valence-electron chi connectivity index (χ4n) is 2.14. The minimum Gasteiger partial charge on any atom is -0.490 e. The molecule has 5 nitrogen and oxygen atoms in total. The number of oxime groups is 1. The maximum atomic E-state index is 9.54. The Labute approximate surface area is 106 Å². The van der Waals surface area contributed by atoms with Crippen molar-refractivity contribution in [3.63, 3.8) is 0 Å². The molecule has 0 amide bonds. The van der Waals surface area contributed by atoms with Gasteiger partial charge in [-0.05, 0) is 18.9 Å². The Bertz CT molecular complexity index is 445. The summed E-state index contributed by atoms with van der Waals surface area (Å²) in [4.78, 5) is 0. The molecule has 0 aromatic heterocycles. The molecule has 0 saturated carbocycles. The molecule has 1 aromatic carbocycles. The Morgan fingerprint density at radius 2 is 2.17 bits per heavy atom. The molecule has 1 aliphatic carbocycles. The Morgan fingerprint density at radius 3 is 2.89 bits per heavy atom. The molecular formula is C13H17NO4. The SMILES string of the molecule is COCC(O)COc1cccc2c1CCC2=NO. The van der Waals surface area contributed by atoms with Crippen LogP contribution in [0, 0.1) is 0 Å². The number of fused-ring (bicyclic) bond motifs is 1. The summed E-state index contributed by atoms with van der Waals surface area (Å²) in [5.74, 6) is 0.737. The van der Waals surface area contributed by atoms with E-state index in [1.54, 1.807) is 0 Å². The number of rotatable bonds is 5. The van der Waals surface area contributed by atoms with Gasteiger partial charge in [0.1, 0.15) is 18.5 Å². The van der Waals surface area contributed by atoms with Crippen LogP contribution >= 0.6 is 0 Å². The molecule has 1 unspecified atom stereocenters. The Kier molecular flexibility index (Phi) is 4.17. The predicted molar refractivity (Wildman–Crippen MR) is 66.5 cm³/mol. The number of aliphatic hydroxyl groups is 1. The van der Waals surface area contributed by atoms with Gasteiger partial charge in [-0.3, -0.25) is 0 Å². The molecule has 0 spiro atoms. The van der Waals surface area contributed by atoms with Gasteiger partial charge in [0.25, 0.3) is 0 Å². The van der Waals surface area contributed by atoms with E-state index in [4.69, 9.17) is 14.7 Å². The molecule has 98 valence electrons. The van der Waals surface area contributed by atoms with Gasteiger partial charge in [0.15, 0.2) is 0 Å². The van der Waals surface area contributed by atoms with Gasteiger partial charge in [-0.1, -0.05) is 17.3 Å². The van der Waals surface area contributed by atoms with Gasteiger partial charge in [-0.15, -0.1) is 0 Å². The molecular weight excluding hydrogens is 234 g/mol. The first kappa shape index (κ1) is 12.9. The van der Waals surface area contributed by atoms with Gasteiger partial charge in [0.2, 0.25) is 0 Å².